The summed E-state index contributed by atoms with van der Waals surface area (Å²) in [5.41, 5.74) is -0.0221. The maximum Gasteiger partial charge on any atom is 0.358 e. The van der Waals surface area contributed by atoms with E-state index in [1.165, 1.54) is 12.1 Å². The molecule has 0 N–H and O–H groups in total. The van der Waals surface area contributed by atoms with Crippen molar-refractivity contribution in [1.82, 2.24) is 4.98 Å². The second kappa shape index (κ2) is 5.80. The van der Waals surface area contributed by atoms with Gasteiger partial charge in [-0.25, -0.2) is 9.78 Å². The van der Waals surface area contributed by atoms with Crippen molar-refractivity contribution in [3.05, 3.63) is 28.2 Å². The predicted molar refractivity (Wildman–Crippen MR) is 57.1 cm³/mol. The molecule has 1 aromatic rings. The van der Waals surface area contributed by atoms with E-state index >= 15 is 0 Å². The molecule has 82 valence electrons. The van der Waals surface area contributed by atoms with Crippen molar-refractivity contribution in [2.24, 2.45) is 0 Å². The molecule has 0 aliphatic carbocycles. The predicted octanol–water partition coefficient (Wildman–Crippen LogP) is 2.94. The van der Waals surface area contributed by atoms with Crippen molar-refractivity contribution < 1.29 is 13.9 Å². The van der Waals surface area contributed by atoms with Gasteiger partial charge in [-0.15, -0.1) is 0 Å². The minimum atomic E-state index is -0.694. The van der Waals surface area contributed by atoms with Crippen molar-refractivity contribution in [1.29, 1.82) is 0 Å². The van der Waals surface area contributed by atoms with Crippen LogP contribution >= 0.6 is 15.9 Å². The first kappa shape index (κ1) is 12.1. The fourth-order valence-electron chi connectivity index (χ4n) is 0.939. The van der Waals surface area contributed by atoms with Crippen molar-refractivity contribution in [2.45, 2.75) is 19.8 Å². The number of nitrogens with zero attached hydrogens (tertiary/aromatic N) is 1. The lowest BCUT2D eigenvalue weighted by Gasteiger charge is -2.04. The molecular weight excluding hydrogens is 265 g/mol. The normalized spacial score (nSPS) is 10.1. The van der Waals surface area contributed by atoms with E-state index in [1.54, 1.807) is 0 Å². The van der Waals surface area contributed by atoms with E-state index < -0.39 is 11.9 Å². The van der Waals surface area contributed by atoms with Crippen LogP contribution < -0.4 is 0 Å². The standard InChI is InChI=1S/C10H11BrFNO2/c1-2-3-6-15-10(14)9-7(11)4-5-8(12)13-9/h4-5H,2-3,6H2,1H3. The molecule has 1 heterocycles. The number of aromatic nitrogens is 1. The Morgan fingerprint density at radius 3 is 3.00 bits per heavy atom. The maximum atomic E-state index is 12.8. The molecule has 0 aliphatic rings. The Morgan fingerprint density at radius 2 is 2.33 bits per heavy atom. The molecule has 0 spiro atoms. The van der Waals surface area contributed by atoms with E-state index in [-0.39, 0.29) is 5.69 Å². The lowest BCUT2D eigenvalue weighted by atomic mass is 10.3. The van der Waals surface area contributed by atoms with Crippen LogP contribution in [-0.2, 0) is 4.74 Å². The van der Waals surface area contributed by atoms with Gasteiger partial charge >= 0.3 is 5.97 Å². The van der Waals surface area contributed by atoms with Gasteiger partial charge in [-0.05, 0) is 34.5 Å². The van der Waals surface area contributed by atoms with Crippen LogP contribution in [0.3, 0.4) is 0 Å². The number of hydrogen-bond acceptors (Lipinski definition) is 3. The van der Waals surface area contributed by atoms with Gasteiger partial charge in [0.2, 0.25) is 5.95 Å². The summed E-state index contributed by atoms with van der Waals surface area (Å²) < 4.78 is 18.1. The number of carbonyl (C=O) groups is 1. The van der Waals surface area contributed by atoms with Gasteiger partial charge in [0.05, 0.1) is 11.1 Å². The van der Waals surface area contributed by atoms with Crippen LogP contribution in [0.1, 0.15) is 30.3 Å². The van der Waals surface area contributed by atoms with Gasteiger partial charge in [0.25, 0.3) is 0 Å². The van der Waals surface area contributed by atoms with Crippen LogP contribution in [0, 0.1) is 5.95 Å². The molecule has 0 unspecified atom stereocenters. The molecule has 0 amide bonds. The summed E-state index contributed by atoms with van der Waals surface area (Å²) in [6.45, 7) is 2.32. The van der Waals surface area contributed by atoms with E-state index in [0.717, 1.165) is 12.8 Å². The number of carbonyl (C=O) groups excluding carboxylic acids is 1. The number of esters is 1. The van der Waals surface area contributed by atoms with Gasteiger partial charge in [-0.3, -0.25) is 0 Å². The van der Waals surface area contributed by atoms with Gasteiger partial charge in [0.1, 0.15) is 0 Å². The van der Waals surface area contributed by atoms with Gasteiger partial charge in [0.15, 0.2) is 5.69 Å². The summed E-state index contributed by atoms with van der Waals surface area (Å²) in [4.78, 5) is 14.9. The zero-order chi connectivity index (χ0) is 11.3. The Kier molecular flexibility index (Phi) is 4.68. The first-order chi connectivity index (χ1) is 7.15. The highest BCUT2D eigenvalue weighted by molar-refractivity contribution is 9.10. The molecule has 3 nitrogen and oxygen atoms in total. The Labute approximate surface area is 95.8 Å². The highest BCUT2D eigenvalue weighted by atomic mass is 79.9. The summed E-state index contributed by atoms with van der Waals surface area (Å²) >= 11 is 3.11. The lowest BCUT2D eigenvalue weighted by Crippen LogP contribution is -2.10. The molecule has 0 radical (unpaired) electrons. The summed E-state index contributed by atoms with van der Waals surface area (Å²) in [7, 11) is 0. The van der Waals surface area contributed by atoms with Crippen molar-refractivity contribution in [3.8, 4) is 0 Å². The maximum absolute atomic E-state index is 12.8. The molecule has 0 aromatic carbocycles. The Morgan fingerprint density at radius 1 is 1.60 bits per heavy atom. The van der Waals surface area contributed by atoms with Crippen molar-refractivity contribution in [2.75, 3.05) is 6.61 Å². The van der Waals surface area contributed by atoms with E-state index in [9.17, 15) is 9.18 Å². The summed E-state index contributed by atoms with van der Waals surface area (Å²) in [6.07, 6.45) is 1.73. The van der Waals surface area contributed by atoms with Crippen LogP contribution in [0.5, 0.6) is 0 Å². The van der Waals surface area contributed by atoms with E-state index in [2.05, 4.69) is 20.9 Å². The minimum absolute atomic E-state index is 0.0221. The first-order valence-corrected chi connectivity index (χ1v) is 5.43. The molecule has 1 rings (SSSR count). The second-order valence-electron chi connectivity index (χ2n) is 2.95. The van der Waals surface area contributed by atoms with Crippen molar-refractivity contribution >= 4 is 21.9 Å². The fourth-order valence-corrected chi connectivity index (χ4v) is 1.32. The molecular formula is C10H11BrFNO2. The zero-order valence-corrected chi connectivity index (χ0v) is 9.88. The van der Waals surface area contributed by atoms with Crippen LogP contribution in [0.2, 0.25) is 0 Å². The van der Waals surface area contributed by atoms with E-state index in [4.69, 9.17) is 4.74 Å². The number of rotatable bonds is 4. The van der Waals surface area contributed by atoms with Crippen LogP contribution in [0.15, 0.2) is 16.6 Å². The Balaban J connectivity index is 2.68. The molecule has 15 heavy (non-hydrogen) atoms. The average molecular weight is 276 g/mol. The molecule has 0 saturated carbocycles. The van der Waals surface area contributed by atoms with Gasteiger partial charge < -0.3 is 4.74 Å². The quantitative estimate of drug-likeness (QED) is 0.482. The van der Waals surface area contributed by atoms with Crippen LogP contribution in [0.25, 0.3) is 0 Å². The van der Waals surface area contributed by atoms with Crippen LogP contribution in [0.4, 0.5) is 4.39 Å². The molecule has 0 bridgehead atoms. The first-order valence-electron chi connectivity index (χ1n) is 4.64. The number of pyridine rings is 1. The number of hydrogen-bond donors (Lipinski definition) is 0. The largest absolute Gasteiger partial charge is 0.461 e. The summed E-state index contributed by atoms with van der Waals surface area (Å²) in [5, 5.41) is 0. The molecule has 0 saturated heterocycles. The Bertz CT molecular complexity index is 357. The summed E-state index contributed by atoms with van der Waals surface area (Å²) in [6, 6.07) is 2.60. The van der Waals surface area contributed by atoms with Crippen molar-refractivity contribution in [3.63, 3.8) is 0 Å². The summed E-state index contributed by atoms with van der Waals surface area (Å²) in [5.74, 6) is -1.30. The second-order valence-corrected chi connectivity index (χ2v) is 3.81. The Hall–Kier alpha value is -0.970. The smallest absolute Gasteiger partial charge is 0.358 e. The monoisotopic (exact) mass is 275 g/mol. The highest BCUT2D eigenvalue weighted by Crippen LogP contribution is 2.15. The molecule has 0 atom stereocenters. The third-order valence-electron chi connectivity index (χ3n) is 1.74. The number of halogens is 2. The zero-order valence-electron chi connectivity index (χ0n) is 8.30. The van der Waals surface area contributed by atoms with Crippen LogP contribution in [-0.4, -0.2) is 17.6 Å². The number of unbranched alkanes of at least 4 members (excludes halogenated alkanes) is 1. The van der Waals surface area contributed by atoms with E-state index in [1.807, 2.05) is 6.92 Å². The molecule has 0 fully saturated rings. The number of ether oxygens (including phenoxy) is 1. The lowest BCUT2D eigenvalue weighted by molar-refractivity contribution is 0.0490. The molecule has 5 heteroatoms. The average Bonchev–Trinajstić information content (AvgIpc) is 2.22. The van der Waals surface area contributed by atoms with Gasteiger partial charge in [0, 0.05) is 0 Å². The third-order valence-corrected chi connectivity index (χ3v) is 2.38. The van der Waals surface area contributed by atoms with Gasteiger partial charge in [-0.1, -0.05) is 13.3 Å². The minimum Gasteiger partial charge on any atom is -0.461 e. The molecule has 1 aromatic heterocycles. The van der Waals surface area contributed by atoms with Gasteiger partial charge in [-0.2, -0.15) is 4.39 Å². The fraction of sp³-hybridized carbons (Fsp3) is 0.400. The molecule has 0 aliphatic heterocycles. The third kappa shape index (κ3) is 3.58. The SMILES string of the molecule is CCCCOC(=O)c1nc(F)ccc1Br. The van der Waals surface area contributed by atoms with E-state index in [0.29, 0.717) is 11.1 Å². The highest BCUT2D eigenvalue weighted by Gasteiger charge is 2.14. The topological polar surface area (TPSA) is 39.2 Å².